The van der Waals surface area contributed by atoms with Gasteiger partial charge in [0.15, 0.2) is 5.78 Å². The molecule has 2 nitrogen and oxygen atoms in total. The third-order valence-corrected chi connectivity index (χ3v) is 8.38. The summed E-state index contributed by atoms with van der Waals surface area (Å²) in [5.41, 5.74) is 1.04. The van der Waals surface area contributed by atoms with Gasteiger partial charge in [0.1, 0.15) is 0 Å². The maximum Gasteiger partial charge on any atom is 0.168 e. The zero-order valence-corrected chi connectivity index (χ0v) is 14.1. The molecule has 4 aliphatic rings. The van der Waals surface area contributed by atoms with E-state index in [0.717, 1.165) is 30.9 Å². The number of fused-ring (bicyclic) bond motifs is 5. The molecule has 4 rings (SSSR count). The van der Waals surface area contributed by atoms with E-state index in [2.05, 4.69) is 13.8 Å². The summed E-state index contributed by atoms with van der Waals surface area (Å²) in [6, 6.07) is 0. The molecule has 0 aliphatic heterocycles. The fourth-order valence-corrected chi connectivity index (χ4v) is 7.08. The summed E-state index contributed by atoms with van der Waals surface area (Å²) in [7, 11) is 0. The number of aliphatic hydroxyl groups is 1. The summed E-state index contributed by atoms with van der Waals surface area (Å²) in [5.74, 6) is 3.18. The van der Waals surface area contributed by atoms with Gasteiger partial charge in [0.2, 0.25) is 0 Å². The molecule has 22 heavy (non-hydrogen) atoms. The molecule has 122 valence electrons. The maximum absolute atomic E-state index is 12.7. The molecule has 0 saturated heterocycles. The molecular formula is C20H30O2. The highest BCUT2D eigenvalue weighted by molar-refractivity contribution is 6.02. The summed E-state index contributed by atoms with van der Waals surface area (Å²) in [6.45, 7) is 4.75. The molecule has 0 aromatic rings. The standard InChI is InChI=1S/C20H30O2/c1-19-9-4-3-5-14(19)6-7-15-16(19)8-10-20(2)17(15)11-13(12-21)18(20)22/h12,14-17,21H,3-11H2,1-2H3/b13-12+/t14-,15-,16+,17+,19+,20+/m1/s1. The number of hydrogen-bond donors (Lipinski definition) is 1. The lowest BCUT2D eigenvalue weighted by molar-refractivity contribution is -0.137. The van der Waals surface area contributed by atoms with Crippen molar-refractivity contribution in [1.29, 1.82) is 0 Å². The number of carbonyl (C=O) groups is 1. The largest absolute Gasteiger partial charge is 0.515 e. The molecule has 0 bridgehead atoms. The van der Waals surface area contributed by atoms with Crippen molar-refractivity contribution in [2.75, 3.05) is 0 Å². The Morgan fingerprint density at radius 2 is 1.86 bits per heavy atom. The smallest absolute Gasteiger partial charge is 0.168 e. The van der Waals surface area contributed by atoms with Gasteiger partial charge in [-0.15, -0.1) is 0 Å². The van der Waals surface area contributed by atoms with Gasteiger partial charge in [-0.3, -0.25) is 4.79 Å². The molecule has 1 N–H and O–H groups in total. The van der Waals surface area contributed by atoms with Crippen molar-refractivity contribution in [2.45, 2.75) is 71.6 Å². The fourth-order valence-electron chi connectivity index (χ4n) is 7.08. The minimum atomic E-state index is -0.187. The Balaban J connectivity index is 1.68. The monoisotopic (exact) mass is 302 g/mol. The Morgan fingerprint density at radius 3 is 2.64 bits per heavy atom. The van der Waals surface area contributed by atoms with Crippen LogP contribution in [0.4, 0.5) is 0 Å². The van der Waals surface area contributed by atoms with Gasteiger partial charge in [-0.05, 0) is 74.0 Å². The average molecular weight is 302 g/mol. The predicted molar refractivity (Wildman–Crippen MR) is 87.4 cm³/mol. The second kappa shape index (κ2) is 4.85. The summed E-state index contributed by atoms with van der Waals surface area (Å²) < 4.78 is 0. The van der Waals surface area contributed by atoms with Crippen LogP contribution in [0.3, 0.4) is 0 Å². The lowest BCUT2D eigenvalue weighted by atomic mass is 9.45. The van der Waals surface area contributed by atoms with Crippen LogP contribution in [-0.4, -0.2) is 10.9 Å². The third-order valence-electron chi connectivity index (χ3n) is 8.38. The molecule has 6 atom stereocenters. The number of ketones is 1. The van der Waals surface area contributed by atoms with E-state index in [1.165, 1.54) is 44.9 Å². The molecule has 4 aliphatic carbocycles. The Labute approximate surface area is 134 Å². The first-order chi connectivity index (χ1) is 10.5. The van der Waals surface area contributed by atoms with Crippen LogP contribution in [0.25, 0.3) is 0 Å². The van der Waals surface area contributed by atoms with Crippen molar-refractivity contribution in [3.05, 3.63) is 11.8 Å². The van der Waals surface area contributed by atoms with E-state index in [9.17, 15) is 9.90 Å². The van der Waals surface area contributed by atoms with Crippen LogP contribution in [0.1, 0.15) is 71.6 Å². The minimum absolute atomic E-state index is 0.187. The molecule has 0 unspecified atom stereocenters. The first kappa shape index (κ1) is 14.8. The van der Waals surface area contributed by atoms with Gasteiger partial charge in [0.05, 0.1) is 6.26 Å². The van der Waals surface area contributed by atoms with Crippen LogP contribution in [0.15, 0.2) is 11.8 Å². The van der Waals surface area contributed by atoms with E-state index in [4.69, 9.17) is 0 Å². The first-order valence-electron chi connectivity index (χ1n) is 9.39. The van der Waals surface area contributed by atoms with E-state index < -0.39 is 0 Å². The van der Waals surface area contributed by atoms with Crippen LogP contribution < -0.4 is 0 Å². The molecule has 0 radical (unpaired) electrons. The average Bonchev–Trinajstić information content (AvgIpc) is 2.78. The van der Waals surface area contributed by atoms with Gasteiger partial charge in [-0.2, -0.15) is 0 Å². The van der Waals surface area contributed by atoms with Crippen LogP contribution in [-0.2, 0) is 4.79 Å². The number of rotatable bonds is 0. The molecule has 0 heterocycles. The molecule has 0 aromatic heterocycles. The Hall–Kier alpha value is -0.790. The molecule has 4 fully saturated rings. The summed E-state index contributed by atoms with van der Waals surface area (Å²) >= 11 is 0. The summed E-state index contributed by atoms with van der Waals surface area (Å²) in [6.07, 6.45) is 12.6. The van der Waals surface area contributed by atoms with Crippen molar-refractivity contribution in [3.63, 3.8) is 0 Å². The van der Waals surface area contributed by atoms with Crippen LogP contribution in [0.5, 0.6) is 0 Å². The van der Waals surface area contributed by atoms with Gasteiger partial charge in [-0.25, -0.2) is 0 Å². The van der Waals surface area contributed by atoms with Gasteiger partial charge in [0, 0.05) is 11.0 Å². The highest BCUT2D eigenvalue weighted by atomic mass is 16.2. The molecule has 2 heteroatoms. The maximum atomic E-state index is 12.7. The molecule has 0 spiro atoms. The van der Waals surface area contributed by atoms with Gasteiger partial charge in [-0.1, -0.05) is 26.7 Å². The minimum Gasteiger partial charge on any atom is -0.515 e. The van der Waals surface area contributed by atoms with Crippen molar-refractivity contribution in [1.82, 2.24) is 0 Å². The number of allylic oxidation sites excluding steroid dienone is 1. The van der Waals surface area contributed by atoms with Crippen LogP contribution in [0, 0.1) is 34.5 Å². The van der Waals surface area contributed by atoms with E-state index >= 15 is 0 Å². The number of aliphatic hydroxyl groups excluding tert-OH is 1. The third kappa shape index (κ3) is 1.76. The quantitative estimate of drug-likeness (QED) is 0.503. The van der Waals surface area contributed by atoms with E-state index in [0.29, 0.717) is 22.8 Å². The van der Waals surface area contributed by atoms with E-state index in [1.807, 2.05) is 0 Å². The van der Waals surface area contributed by atoms with Gasteiger partial charge >= 0.3 is 0 Å². The Morgan fingerprint density at radius 1 is 1.05 bits per heavy atom. The topological polar surface area (TPSA) is 37.3 Å². The highest BCUT2D eigenvalue weighted by Crippen LogP contribution is 2.65. The van der Waals surface area contributed by atoms with E-state index in [-0.39, 0.29) is 11.2 Å². The summed E-state index contributed by atoms with van der Waals surface area (Å²) in [5, 5.41) is 9.45. The van der Waals surface area contributed by atoms with Crippen molar-refractivity contribution in [2.24, 2.45) is 34.5 Å². The second-order valence-electron chi connectivity index (χ2n) is 9.05. The number of carbonyl (C=O) groups excluding carboxylic acids is 1. The molecule has 0 aromatic carbocycles. The van der Waals surface area contributed by atoms with Crippen molar-refractivity contribution >= 4 is 5.78 Å². The zero-order valence-electron chi connectivity index (χ0n) is 14.1. The normalized spacial score (nSPS) is 53.0. The molecule has 0 amide bonds. The number of hydrogen-bond acceptors (Lipinski definition) is 2. The zero-order chi connectivity index (χ0) is 15.5. The highest BCUT2D eigenvalue weighted by Gasteiger charge is 2.60. The van der Waals surface area contributed by atoms with Crippen LogP contribution >= 0.6 is 0 Å². The van der Waals surface area contributed by atoms with E-state index in [1.54, 1.807) is 0 Å². The molecular weight excluding hydrogens is 272 g/mol. The Kier molecular flexibility index (Phi) is 3.26. The lowest BCUT2D eigenvalue weighted by Gasteiger charge is -2.59. The number of Topliss-reactive ketones (excluding diaryl/α,β-unsaturated/α-hetero) is 1. The van der Waals surface area contributed by atoms with Crippen molar-refractivity contribution < 1.29 is 9.90 Å². The van der Waals surface area contributed by atoms with Crippen molar-refractivity contribution in [3.8, 4) is 0 Å². The lowest BCUT2D eigenvalue weighted by Crippen LogP contribution is -2.52. The predicted octanol–water partition coefficient (Wildman–Crippen LogP) is 5.04. The van der Waals surface area contributed by atoms with Crippen LogP contribution in [0.2, 0.25) is 0 Å². The molecule has 4 saturated carbocycles. The Bertz CT molecular complexity index is 522. The van der Waals surface area contributed by atoms with Gasteiger partial charge in [0.25, 0.3) is 0 Å². The SMILES string of the molecule is C[C@]12CCCC[C@@H]1CC[C@@H]1[C@@H]2CC[C@]2(C)C(=O)/C(=C/O)C[C@@H]12. The van der Waals surface area contributed by atoms with Gasteiger partial charge < -0.3 is 5.11 Å². The second-order valence-corrected chi connectivity index (χ2v) is 9.05. The fraction of sp³-hybridized carbons (Fsp3) is 0.850. The first-order valence-corrected chi connectivity index (χ1v) is 9.39. The summed E-state index contributed by atoms with van der Waals surface area (Å²) in [4.78, 5) is 12.7.